The molecule has 0 aromatic carbocycles. The Balaban J connectivity index is 2.52. The molecule has 1 atom stereocenters. The van der Waals surface area contributed by atoms with Gasteiger partial charge in [-0.3, -0.25) is 14.5 Å². The van der Waals surface area contributed by atoms with Gasteiger partial charge in [0.2, 0.25) is 0 Å². The highest BCUT2D eigenvalue weighted by Gasteiger charge is 2.39. The predicted molar refractivity (Wildman–Crippen MR) is 193 cm³/mol. The minimum atomic E-state index is -0.561. The smallest absolute Gasteiger partial charge is 0.305 e. The Hall–Kier alpha value is -1.22. The Labute approximate surface area is 289 Å². The zero-order valence-electron chi connectivity index (χ0n) is 31.1. The van der Waals surface area contributed by atoms with Crippen LogP contribution in [0.15, 0.2) is 0 Å². The average Bonchev–Trinajstić information content (AvgIpc) is 3.07. The zero-order chi connectivity index (χ0) is 34.4. The molecule has 278 valence electrons. The summed E-state index contributed by atoms with van der Waals surface area (Å²) in [4.78, 5) is 29.7. The number of ether oxygens (including phenoxy) is 2. The van der Waals surface area contributed by atoms with Crippen molar-refractivity contribution in [1.29, 1.82) is 0 Å². The van der Waals surface area contributed by atoms with Crippen molar-refractivity contribution in [3.63, 3.8) is 0 Å². The maximum absolute atomic E-state index is 12.7. The van der Waals surface area contributed by atoms with Gasteiger partial charge < -0.3 is 24.6 Å². The molecule has 1 heterocycles. The fourth-order valence-corrected chi connectivity index (χ4v) is 6.67. The van der Waals surface area contributed by atoms with Crippen molar-refractivity contribution in [2.45, 2.75) is 181 Å². The van der Waals surface area contributed by atoms with E-state index in [0.29, 0.717) is 51.7 Å². The van der Waals surface area contributed by atoms with Gasteiger partial charge in [-0.2, -0.15) is 0 Å². The molecule has 0 aromatic heterocycles. The molecule has 0 radical (unpaired) electrons. The summed E-state index contributed by atoms with van der Waals surface area (Å²) in [5.74, 6) is -0.314. The highest BCUT2D eigenvalue weighted by atomic mass is 16.5. The van der Waals surface area contributed by atoms with Gasteiger partial charge in [0, 0.05) is 44.4 Å². The van der Waals surface area contributed by atoms with E-state index in [1.807, 2.05) is 0 Å². The lowest BCUT2D eigenvalue weighted by Crippen LogP contribution is -2.49. The largest absolute Gasteiger partial charge is 0.465 e. The minimum Gasteiger partial charge on any atom is -0.465 e. The standard InChI is InChI=1S/C39H76N2O6/c1-4-7-9-11-13-15-17-19-21-23-37(44)46-34-39(35-47-38(45)24-22-20-18-16-14-12-10-8-5-2)26-30-41(31-27-39)36(43)25-29-40(28-6-3)32-33-42/h36,42-43H,4-35H2,1-3H3. The molecule has 1 fully saturated rings. The average molecular weight is 669 g/mol. The topological polar surface area (TPSA) is 99.5 Å². The van der Waals surface area contributed by atoms with Gasteiger partial charge in [0.05, 0.1) is 6.61 Å². The Morgan fingerprint density at radius 2 is 1.06 bits per heavy atom. The van der Waals surface area contributed by atoms with E-state index in [9.17, 15) is 19.8 Å². The quantitative estimate of drug-likeness (QED) is 0.0545. The van der Waals surface area contributed by atoms with Crippen molar-refractivity contribution in [1.82, 2.24) is 9.80 Å². The first-order chi connectivity index (χ1) is 22.9. The normalized spacial score (nSPS) is 15.6. The van der Waals surface area contributed by atoms with Crippen LogP contribution in [0.25, 0.3) is 0 Å². The van der Waals surface area contributed by atoms with E-state index < -0.39 is 11.6 Å². The first-order valence-corrected chi connectivity index (χ1v) is 20.0. The summed E-state index contributed by atoms with van der Waals surface area (Å²) < 4.78 is 11.7. The molecule has 0 aromatic rings. The number of carbonyl (C=O) groups is 2. The van der Waals surface area contributed by atoms with E-state index in [1.54, 1.807) is 0 Å². The second-order valence-corrected chi connectivity index (χ2v) is 14.3. The molecule has 47 heavy (non-hydrogen) atoms. The van der Waals surface area contributed by atoms with Crippen molar-refractivity contribution in [3.05, 3.63) is 0 Å². The maximum Gasteiger partial charge on any atom is 0.305 e. The van der Waals surface area contributed by atoms with E-state index in [-0.39, 0.29) is 31.8 Å². The number of likely N-dealkylation sites (tertiary alicyclic amines) is 1. The molecule has 1 aliphatic rings. The van der Waals surface area contributed by atoms with Gasteiger partial charge in [0.15, 0.2) is 0 Å². The van der Waals surface area contributed by atoms with Crippen LogP contribution in [0.1, 0.15) is 175 Å². The number of rotatable bonds is 32. The Morgan fingerprint density at radius 1 is 0.638 bits per heavy atom. The lowest BCUT2D eigenvalue weighted by atomic mass is 9.79. The van der Waals surface area contributed by atoms with Crippen LogP contribution in [0.5, 0.6) is 0 Å². The van der Waals surface area contributed by atoms with Crippen molar-refractivity contribution < 1.29 is 29.3 Å². The molecular formula is C39H76N2O6. The second-order valence-electron chi connectivity index (χ2n) is 14.3. The number of aliphatic hydroxyl groups is 2. The monoisotopic (exact) mass is 669 g/mol. The number of hydrogen-bond acceptors (Lipinski definition) is 8. The van der Waals surface area contributed by atoms with Crippen molar-refractivity contribution in [2.75, 3.05) is 52.5 Å². The fraction of sp³-hybridized carbons (Fsp3) is 0.949. The van der Waals surface area contributed by atoms with Crippen LogP contribution in [0.3, 0.4) is 0 Å². The first-order valence-electron chi connectivity index (χ1n) is 20.0. The lowest BCUT2D eigenvalue weighted by Gasteiger charge is -2.42. The minimum absolute atomic E-state index is 0.123. The number of nitrogens with zero attached hydrogens (tertiary/aromatic N) is 2. The van der Waals surface area contributed by atoms with Crippen molar-refractivity contribution >= 4 is 11.9 Å². The summed E-state index contributed by atoms with van der Waals surface area (Å²) in [6.45, 7) is 10.9. The molecule has 1 unspecified atom stereocenters. The summed E-state index contributed by atoms with van der Waals surface area (Å²) >= 11 is 0. The van der Waals surface area contributed by atoms with Crippen LogP contribution < -0.4 is 0 Å². The van der Waals surface area contributed by atoms with Crippen LogP contribution in [-0.4, -0.2) is 90.7 Å². The molecule has 1 saturated heterocycles. The van der Waals surface area contributed by atoms with Gasteiger partial charge in [-0.1, -0.05) is 124 Å². The van der Waals surface area contributed by atoms with Gasteiger partial charge in [0.25, 0.3) is 0 Å². The van der Waals surface area contributed by atoms with Crippen LogP contribution in [0.2, 0.25) is 0 Å². The summed E-state index contributed by atoms with van der Waals surface area (Å²) in [6, 6.07) is 0. The Morgan fingerprint density at radius 3 is 1.47 bits per heavy atom. The molecule has 8 heteroatoms. The molecule has 1 rings (SSSR count). The maximum atomic E-state index is 12.7. The molecule has 0 amide bonds. The number of carbonyl (C=O) groups excluding carboxylic acids is 2. The molecule has 2 N–H and O–H groups in total. The van der Waals surface area contributed by atoms with Crippen LogP contribution in [0, 0.1) is 5.41 Å². The van der Waals surface area contributed by atoms with E-state index in [1.165, 1.54) is 89.9 Å². The number of unbranched alkanes of at least 4 members (excludes halogenated alkanes) is 16. The zero-order valence-corrected chi connectivity index (χ0v) is 31.1. The lowest BCUT2D eigenvalue weighted by molar-refractivity contribution is -0.159. The highest BCUT2D eigenvalue weighted by Crippen LogP contribution is 2.34. The Kier molecular flexibility index (Phi) is 27.7. The van der Waals surface area contributed by atoms with E-state index in [4.69, 9.17) is 9.47 Å². The summed E-state index contributed by atoms with van der Waals surface area (Å²) in [6.07, 6.45) is 25.1. The molecule has 0 saturated carbocycles. The van der Waals surface area contributed by atoms with Crippen LogP contribution >= 0.6 is 0 Å². The number of esters is 2. The number of piperidine rings is 1. The molecular weight excluding hydrogens is 592 g/mol. The van der Waals surface area contributed by atoms with Crippen molar-refractivity contribution in [2.24, 2.45) is 5.41 Å². The second kappa shape index (κ2) is 29.7. The van der Waals surface area contributed by atoms with Crippen LogP contribution in [-0.2, 0) is 19.1 Å². The third-order valence-electron chi connectivity index (χ3n) is 9.99. The molecule has 0 bridgehead atoms. The summed E-state index contributed by atoms with van der Waals surface area (Å²) in [7, 11) is 0. The molecule has 1 aliphatic heterocycles. The van der Waals surface area contributed by atoms with Gasteiger partial charge in [-0.05, 0) is 45.1 Å². The molecule has 0 aliphatic carbocycles. The molecule has 0 spiro atoms. The van der Waals surface area contributed by atoms with Crippen LogP contribution in [0.4, 0.5) is 0 Å². The summed E-state index contributed by atoms with van der Waals surface area (Å²) in [5, 5.41) is 20.3. The van der Waals surface area contributed by atoms with Crippen molar-refractivity contribution in [3.8, 4) is 0 Å². The first kappa shape index (κ1) is 43.8. The fourth-order valence-electron chi connectivity index (χ4n) is 6.67. The highest BCUT2D eigenvalue weighted by molar-refractivity contribution is 5.69. The predicted octanol–water partition coefficient (Wildman–Crippen LogP) is 8.41. The summed E-state index contributed by atoms with van der Waals surface area (Å²) in [5.41, 5.74) is -0.413. The Bertz CT molecular complexity index is 697. The van der Waals surface area contributed by atoms with E-state index in [0.717, 1.165) is 45.2 Å². The SMILES string of the molecule is CCCCCCCCCCCC(=O)OCC1(COC(=O)CCCCCCCCCCC)CCN(C(O)CCN(CCC)CCO)CC1. The van der Waals surface area contributed by atoms with Gasteiger partial charge in [-0.25, -0.2) is 0 Å². The van der Waals surface area contributed by atoms with Gasteiger partial charge >= 0.3 is 11.9 Å². The number of hydrogen-bond donors (Lipinski definition) is 2. The van der Waals surface area contributed by atoms with E-state index in [2.05, 4.69) is 30.6 Å². The van der Waals surface area contributed by atoms with Gasteiger partial charge in [-0.15, -0.1) is 0 Å². The number of aliphatic hydroxyl groups excluding tert-OH is 2. The third-order valence-corrected chi connectivity index (χ3v) is 9.99. The van der Waals surface area contributed by atoms with E-state index >= 15 is 0 Å². The van der Waals surface area contributed by atoms with Gasteiger partial charge in [0.1, 0.15) is 19.4 Å². The third kappa shape index (κ3) is 22.9. The molecule has 8 nitrogen and oxygen atoms in total.